The van der Waals surface area contributed by atoms with E-state index in [-0.39, 0.29) is 6.54 Å². The van der Waals surface area contributed by atoms with Crippen molar-refractivity contribution in [3.8, 4) is 11.4 Å². The van der Waals surface area contributed by atoms with Crippen LogP contribution < -0.4 is 5.56 Å². The summed E-state index contributed by atoms with van der Waals surface area (Å²) < 4.78 is 1.11. The summed E-state index contributed by atoms with van der Waals surface area (Å²) in [5, 5.41) is 8.70. The van der Waals surface area contributed by atoms with Crippen LogP contribution in [0.1, 0.15) is 5.82 Å². The van der Waals surface area contributed by atoms with Crippen molar-refractivity contribution in [2.75, 3.05) is 0 Å². The fourth-order valence-corrected chi connectivity index (χ4v) is 1.59. The van der Waals surface area contributed by atoms with Gasteiger partial charge < -0.3 is 5.11 Å². The molecule has 18 heavy (non-hydrogen) atoms. The maximum atomic E-state index is 11.8. The quantitative estimate of drug-likeness (QED) is 0.860. The van der Waals surface area contributed by atoms with E-state index in [4.69, 9.17) is 5.11 Å². The zero-order valence-corrected chi connectivity index (χ0v) is 9.70. The Morgan fingerprint density at radius 1 is 1.39 bits per heavy atom. The van der Waals surface area contributed by atoms with Crippen LogP contribution in [0.3, 0.4) is 0 Å². The molecule has 0 radical (unpaired) electrons. The molecule has 0 amide bonds. The second-order valence-electron chi connectivity index (χ2n) is 3.72. The zero-order valence-electron chi connectivity index (χ0n) is 9.70. The molecular weight excluding hydrogens is 234 g/mol. The Morgan fingerprint density at radius 2 is 2.17 bits per heavy atom. The smallest absolute Gasteiger partial charge is 0.323 e. The first kappa shape index (κ1) is 12.0. The predicted octanol–water partition coefficient (Wildman–Crippen LogP) is 0.698. The largest absolute Gasteiger partial charge is 0.480 e. The van der Waals surface area contributed by atoms with Crippen LogP contribution in [0, 0.1) is 6.92 Å². The minimum atomic E-state index is -1.08. The van der Waals surface area contributed by atoms with Crippen LogP contribution >= 0.6 is 0 Å². The standard InChI is InChI=1S/C12H11N3O3/c1-8-14-10(9-4-2-3-5-13-9)6-11(16)15(8)7-12(17)18/h2-6H,7H2,1H3,(H,17,18). The summed E-state index contributed by atoms with van der Waals surface area (Å²) in [6.45, 7) is 1.21. The molecule has 0 saturated carbocycles. The van der Waals surface area contributed by atoms with Crippen molar-refractivity contribution in [2.45, 2.75) is 13.5 Å². The van der Waals surface area contributed by atoms with Gasteiger partial charge in [-0.25, -0.2) is 4.98 Å². The summed E-state index contributed by atoms with van der Waals surface area (Å²) in [7, 11) is 0. The molecule has 2 heterocycles. The van der Waals surface area contributed by atoms with Gasteiger partial charge in [0.25, 0.3) is 5.56 Å². The highest BCUT2D eigenvalue weighted by atomic mass is 16.4. The lowest BCUT2D eigenvalue weighted by Crippen LogP contribution is -2.26. The van der Waals surface area contributed by atoms with Gasteiger partial charge in [-0.15, -0.1) is 0 Å². The van der Waals surface area contributed by atoms with Crippen molar-refractivity contribution >= 4 is 5.97 Å². The van der Waals surface area contributed by atoms with Crippen LogP contribution in [-0.4, -0.2) is 25.6 Å². The third-order valence-corrected chi connectivity index (χ3v) is 2.42. The van der Waals surface area contributed by atoms with Crippen LogP contribution in [0.5, 0.6) is 0 Å². The van der Waals surface area contributed by atoms with E-state index < -0.39 is 11.5 Å². The first-order chi connectivity index (χ1) is 8.58. The molecule has 0 atom stereocenters. The fraction of sp³-hybridized carbons (Fsp3) is 0.167. The van der Waals surface area contributed by atoms with Gasteiger partial charge in [0.1, 0.15) is 12.4 Å². The van der Waals surface area contributed by atoms with E-state index >= 15 is 0 Å². The van der Waals surface area contributed by atoms with Gasteiger partial charge in [-0.3, -0.25) is 19.1 Å². The number of nitrogens with zero attached hydrogens (tertiary/aromatic N) is 3. The number of aryl methyl sites for hydroxylation is 1. The highest BCUT2D eigenvalue weighted by Gasteiger charge is 2.09. The Morgan fingerprint density at radius 3 is 2.72 bits per heavy atom. The van der Waals surface area contributed by atoms with Crippen molar-refractivity contribution in [1.82, 2.24) is 14.5 Å². The van der Waals surface area contributed by atoms with Gasteiger partial charge in [-0.2, -0.15) is 0 Å². The van der Waals surface area contributed by atoms with Crippen LogP contribution in [0.15, 0.2) is 35.3 Å². The molecule has 2 aromatic heterocycles. The Kier molecular flexibility index (Phi) is 3.18. The molecule has 2 rings (SSSR count). The third kappa shape index (κ3) is 2.42. The topological polar surface area (TPSA) is 85.1 Å². The third-order valence-electron chi connectivity index (χ3n) is 2.42. The van der Waals surface area contributed by atoms with Gasteiger partial charge in [0.2, 0.25) is 0 Å². The molecule has 0 aromatic carbocycles. The summed E-state index contributed by atoms with van der Waals surface area (Å²) in [5.41, 5.74) is 0.630. The van der Waals surface area contributed by atoms with Gasteiger partial charge in [0.15, 0.2) is 0 Å². The van der Waals surface area contributed by atoms with E-state index in [0.717, 1.165) is 4.57 Å². The highest BCUT2D eigenvalue weighted by Crippen LogP contribution is 2.11. The second kappa shape index (κ2) is 4.79. The number of carbonyl (C=O) groups is 1. The number of aliphatic carboxylic acids is 1. The molecule has 0 saturated heterocycles. The minimum Gasteiger partial charge on any atom is -0.480 e. The van der Waals surface area contributed by atoms with E-state index in [2.05, 4.69) is 9.97 Å². The molecule has 6 heteroatoms. The van der Waals surface area contributed by atoms with Gasteiger partial charge in [0.05, 0.1) is 11.4 Å². The van der Waals surface area contributed by atoms with Crippen molar-refractivity contribution in [1.29, 1.82) is 0 Å². The number of carboxylic acids is 1. The molecule has 0 spiro atoms. The van der Waals surface area contributed by atoms with E-state index in [9.17, 15) is 9.59 Å². The first-order valence-electron chi connectivity index (χ1n) is 5.29. The molecule has 0 bridgehead atoms. The van der Waals surface area contributed by atoms with Gasteiger partial charge >= 0.3 is 5.97 Å². The Bertz CT molecular complexity index is 635. The van der Waals surface area contributed by atoms with Crippen LogP contribution in [0.4, 0.5) is 0 Å². The van der Waals surface area contributed by atoms with Gasteiger partial charge in [-0.1, -0.05) is 6.07 Å². The summed E-state index contributed by atoms with van der Waals surface area (Å²) in [6, 6.07) is 6.59. The summed E-state index contributed by atoms with van der Waals surface area (Å²) in [6.07, 6.45) is 1.61. The van der Waals surface area contributed by atoms with Crippen molar-refractivity contribution < 1.29 is 9.90 Å². The Balaban J connectivity index is 2.49. The van der Waals surface area contributed by atoms with E-state index in [1.54, 1.807) is 31.3 Å². The monoisotopic (exact) mass is 245 g/mol. The maximum absolute atomic E-state index is 11.8. The van der Waals surface area contributed by atoms with Crippen molar-refractivity contribution in [2.24, 2.45) is 0 Å². The van der Waals surface area contributed by atoms with E-state index in [0.29, 0.717) is 17.2 Å². The molecule has 2 aromatic rings. The van der Waals surface area contributed by atoms with E-state index in [1.807, 2.05) is 0 Å². The van der Waals surface area contributed by atoms with Gasteiger partial charge in [0, 0.05) is 12.3 Å². The number of hydrogen-bond acceptors (Lipinski definition) is 4. The van der Waals surface area contributed by atoms with Gasteiger partial charge in [-0.05, 0) is 19.1 Å². The number of aromatic nitrogens is 3. The lowest BCUT2D eigenvalue weighted by Gasteiger charge is -2.07. The fourth-order valence-electron chi connectivity index (χ4n) is 1.59. The van der Waals surface area contributed by atoms with Crippen molar-refractivity contribution in [3.63, 3.8) is 0 Å². The predicted molar refractivity (Wildman–Crippen MR) is 64.1 cm³/mol. The van der Waals surface area contributed by atoms with E-state index in [1.165, 1.54) is 6.07 Å². The Labute approximate surface area is 103 Å². The van der Waals surface area contributed by atoms with Crippen LogP contribution in [-0.2, 0) is 11.3 Å². The summed E-state index contributed by atoms with van der Waals surface area (Å²) >= 11 is 0. The minimum absolute atomic E-state index is 0.352. The maximum Gasteiger partial charge on any atom is 0.323 e. The number of carboxylic acid groups (broad SMARTS) is 1. The lowest BCUT2D eigenvalue weighted by atomic mass is 10.2. The number of rotatable bonds is 3. The molecule has 0 aliphatic carbocycles. The normalized spacial score (nSPS) is 10.3. The molecule has 0 aliphatic rings. The van der Waals surface area contributed by atoms with Crippen molar-refractivity contribution in [3.05, 3.63) is 46.6 Å². The molecule has 0 fully saturated rings. The molecule has 6 nitrogen and oxygen atoms in total. The average Bonchev–Trinajstić information content (AvgIpc) is 2.34. The zero-order chi connectivity index (χ0) is 13.1. The SMILES string of the molecule is Cc1nc(-c2ccccn2)cc(=O)n1CC(=O)O. The number of hydrogen-bond donors (Lipinski definition) is 1. The average molecular weight is 245 g/mol. The highest BCUT2D eigenvalue weighted by molar-refractivity contribution is 5.66. The first-order valence-corrected chi connectivity index (χ1v) is 5.29. The van der Waals surface area contributed by atoms with Crippen LogP contribution in [0.2, 0.25) is 0 Å². The second-order valence-corrected chi connectivity index (χ2v) is 3.72. The number of pyridine rings is 1. The molecule has 1 N–H and O–H groups in total. The Hall–Kier alpha value is -2.50. The molecule has 0 unspecified atom stereocenters. The summed E-state index contributed by atoms with van der Waals surface area (Å²) in [5.74, 6) is -0.724. The molecule has 92 valence electrons. The summed E-state index contributed by atoms with van der Waals surface area (Å²) in [4.78, 5) is 30.7. The molecule has 0 aliphatic heterocycles. The molecular formula is C12H11N3O3. The lowest BCUT2D eigenvalue weighted by molar-refractivity contribution is -0.137. The van der Waals surface area contributed by atoms with Crippen LogP contribution in [0.25, 0.3) is 11.4 Å².